The first-order valence-corrected chi connectivity index (χ1v) is 7.70. The summed E-state index contributed by atoms with van der Waals surface area (Å²) in [7, 11) is 0. The fourth-order valence-electron chi connectivity index (χ4n) is 1.77. The van der Waals surface area contributed by atoms with E-state index in [1.165, 1.54) is 4.88 Å². The van der Waals surface area contributed by atoms with Crippen LogP contribution in [0.25, 0.3) is 0 Å². The average molecular weight is 305 g/mol. The summed E-state index contributed by atoms with van der Waals surface area (Å²) < 4.78 is 10.7. The number of anilines is 1. The molecular formula is C16H19NO3S. The fourth-order valence-corrected chi connectivity index (χ4v) is 2.64. The molecule has 0 amide bonds. The highest BCUT2D eigenvalue weighted by Crippen LogP contribution is 2.18. The van der Waals surface area contributed by atoms with Gasteiger partial charge >= 0.3 is 5.97 Å². The van der Waals surface area contributed by atoms with Crippen LogP contribution in [0.5, 0.6) is 5.75 Å². The molecule has 0 atom stereocenters. The van der Waals surface area contributed by atoms with Crippen molar-refractivity contribution in [2.75, 3.05) is 12.3 Å². The van der Waals surface area contributed by atoms with E-state index in [2.05, 4.69) is 13.0 Å². The molecule has 4 nitrogen and oxygen atoms in total. The number of rotatable bonds is 7. The highest BCUT2D eigenvalue weighted by molar-refractivity contribution is 7.11. The van der Waals surface area contributed by atoms with Crippen molar-refractivity contribution in [1.29, 1.82) is 0 Å². The molecule has 5 heteroatoms. The van der Waals surface area contributed by atoms with Gasteiger partial charge in [-0.3, -0.25) is 4.79 Å². The Morgan fingerprint density at radius 3 is 2.76 bits per heavy atom. The van der Waals surface area contributed by atoms with Crippen LogP contribution in [0, 0.1) is 0 Å². The van der Waals surface area contributed by atoms with Gasteiger partial charge in [-0.2, -0.15) is 0 Å². The van der Waals surface area contributed by atoms with E-state index in [9.17, 15) is 4.79 Å². The van der Waals surface area contributed by atoms with Gasteiger partial charge in [-0.15, -0.1) is 11.3 Å². The fraction of sp³-hybridized carbons (Fsp3) is 0.312. The van der Waals surface area contributed by atoms with E-state index < -0.39 is 0 Å². The summed E-state index contributed by atoms with van der Waals surface area (Å²) in [6.45, 7) is 2.73. The van der Waals surface area contributed by atoms with Gasteiger partial charge < -0.3 is 15.2 Å². The lowest BCUT2D eigenvalue weighted by atomic mass is 10.3. The summed E-state index contributed by atoms with van der Waals surface area (Å²) in [4.78, 5) is 14.0. The molecule has 0 radical (unpaired) electrons. The van der Waals surface area contributed by atoms with Crippen LogP contribution in [0.1, 0.15) is 23.1 Å². The van der Waals surface area contributed by atoms with E-state index >= 15 is 0 Å². The maximum atomic E-state index is 11.6. The molecule has 0 saturated heterocycles. The predicted molar refractivity (Wildman–Crippen MR) is 84.5 cm³/mol. The Hall–Kier alpha value is -2.01. The molecule has 2 N–H and O–H groups in total. The maximum Gasteiger partial charge on any atom is 0.309 e. The third-order valence-electron chi connectivity index (χ3n) is 2.87. The minimum Gasteiger partial charge on any atom is -0.493 e. The number of carbonyl (C=O) groups excluding carboxylic acids is 1. The number of nitrogens with two attached hydrogens (primary N) is 1. The van der Waals surface area contributed by atoms with Gasteiger partial charge in [-0.25, -0.2) is 0 Å². The molecule has 112 valence electrons. The van der Waals surface area contributed by atoms with Gasteiger partial charge in [0.15, 0.2) is 0 Å². The minimum atomic E-state index is -0.259. The standard InChI is InChI=1S/C16H19NO3S/c1-2-14-6-7-15(21-14)11-20-16(18)8-9-19-13-5-3-4-12(17)10-13/h3-7,10H,2,8-9,11,17H2,1H3. The molecule has 2 aromatic rings. The first kappa shape index (κ1) is 15.4. The van der Waals surface area contributed by atoms with Crippen LogP contribution >= 0.6 is 11.3 Å². The Kier molecular flexibility index (Phi) is 5.63. The first-order chi connectivity index (χ1) is 10.2. The Bertz CT molecular complexity index is 595. The molecule has 0 saturated carbocycles. The number of carbonyl (C=O) groups is 1. The van der Waals surface area contributed by atoms with Gasteiger partial charge in [0.05, 0.1) is 13.0 Å². The predicted octanol–water partition coefficient (Wildman–Crippen LogP) is 3.41. The van der Waals surface area contributed by atoms with Crippen LogP contribution in [0.3, 0.4) is 0 Å². The molecule has 1 aromatic heterocycles. The smallest absolute Gasteiger partial charge is 0.309 e. The molecule has 0 fully saturated rings. The second-order valence-electron chi connectivity index (χ2n) is 4.55. The van der Waals surface area contributed by atoms with Crippen LogP contribution < -0.4 is 10.5 Å². The Morgan fingerprint density at radius 2 is 2.05 bits per heavy atom. The zero-order valence-electron chi connectivity index (χ0n) is 12.0. The van der Waals surface area contributed by atoms with Gasteiger partial charge in [0.25, 0.3) is 0 Å². The minimum absolute atomic E-state index is 0.223. The summed E-state index contributed by atoms with van der Waals surface area (Å²) in [5.41, 5.74) is 6.28. The molecule has 0 unspecified atom stereocenters. The van der Waals surface area contributed by atoms with Crippen molar-refractivity contribution in [1.82, 2.24) is 0 Å². The highest BCUT2D eigenvalue weighted by Gasteiger charge is 2.06. The SMILES string of the molecule is CCc1ccc(COC(=O)CCOc2cccc(N)c2)s1. The van der Waals surface area contributed by atoms with E-state index in [1.807, 2.05) is 12.1 Å². The highest BCUT2D eigenvalue weighted by atomic mass is 32.1. The third-order valence-corrected chi connectivity index (χ3v) is 4.08. The molecule has 21 heavy (non-hydrogen) atoms. The molecule has 1 heterocycles. The number of aryl methyl sites for hydroxylation is 1. The summed E-state index contributed by atoms with van der Waals surface area (Å²) in [5, 5.41) is 0. The molecule has 0 aliphatic carbocycles. The van der Waals surface area contributed by atoms with Crippen LogP contribution in [0.4, 0.5) is 5.69 Å². The van der Waals surface area contributed by atoms with Crippen LogP contribution in [0.15, 0.2) is 36.4 Å². The second-order valence-corrected chi connectivity index (χ2v) is 5.81. The van der Waals surface area contributed by atoms with E-state index in [1.54, 1.807) is 29.5 Å². The van der Waals surface area contributed by atoms with E-state index in [4.69, 9.17) is 15.2 Å². The van der Waals surface area contributed by atoms with Gasteiger partial charge in [-0.1, -0.05) is 13.0 Å². The third kappa shape index (κ3) is 5.11. The first-order valence-electron chi connectivity index (χ1n) is 6.89. The summed E-state index contributed by atoms with van der Waals surface area (Å²) in [6.07, 6.45) is 1.23. The van der Waals surface area contributed by atoms with Crippen molar-refractivity contribution in [3.8, 4) is 5.75 Å². The number of ether oxygens (including phenoxy) is 2. The number of hydrogen-bond acceptors (Lipinski definition) is 5. The molecule has 1 aromatic carbocycles. The van der Waals surface area contributed by atoms with Crippen molar-refractivity contribution in [2.45, 2.75) is 26.4 Å². The van der Waals surface area contributed by atoms with Crippen molar-refractivity contribution in [3.63, 3.8) is 0 Å². The molecular weight excluding hydrogens is 286 g/mol. The Labute approximate surface area is 128 Å². The molecule has 0 aliphatic rings. The number of benzene rings is 1. The summed E-state index contributed by atoms with van der Waals surface area (Å²) in [5.74, 6) is 0.402. The van der Waals surface area contributed by atoms with Gasteiger partial charge in [0.1, 0.15) is 12.4 Å². The summed E-state index contributed by atoms with van der Waals surface area (Å²) in [6, 6.07) is 11.2. The lowest BCUT2D eigenvalue weighted by molar-refractivity contribution is -0.145. The molecule has 0 aliphatic heterocycles. The van der Waals surface area contributed by atoms with Crippen molar-refractivity contribution < 1.29 is 14.3 Å². The molecule has 2 rings (SSSR count). The van der Waals surface area contributed by atoms with E-state index in [0.29, 0.717) is 18.0 Å². The van der Waals surface area contributed by atoms with E-state index in [-0.39, 0.29) is 19.0 Å². The Balaban J connectivity index is 1.67. The lowest BCUT2D eigenvalue weighted by Crippen LogP contribution is -2.09. The van der Waals surface area contributed by atoms with Crippen LogP contribution in [-0.4, -0.2) is 12.6 Å². The zero-order valence-corrected chi connectivity index (χ0v) is 12.8. The number of thiophene rings is 1. The van der Waals surface area contributed by atoms with Crippen LogP contribution in [-0.2, 0) is 22.6 Å². The van der Waals surface area contributed by atoms with Gasteiger partial charge in [-0.05, 0) is 30.7 Å². The maximum absolute atomic E-state index is 11.6. The van der Waals surface area contributed by atoms with Crippen molar-refractivity contribution in [2.24, 2.45) is 0 Å². The monoisotopic (exact) mass is 305 g/mol. The second kappa shape index (κ2) is 7.69. The number of esters is 1. The number of nitrogen functional groups attached to an aromatic ring is 1. The largest absolute Gasteiger partial charge is 0.493 e. The van der Waals surface area contributed by atoms with E-state index in [0.717, 1.165) is 11.3 Å². The van der Waals surface area contributed by atoms with Gasteiger partial charge in [0.2, 0.25) is 0 Å². The zero-order chi connectivity index (χ0) is 15.1. The molecule has 0 spiro atoms. The van der Waals surface area contributed by atoms with Crippen LogP contribution in [0.2, 0.25) is 0 Å². The van der Waals surface area contributed by atoms with Gasteiger partial charge in [0, 0.05) is 21.5 Å². The topological polar surface area (TPSA) is 61.5 Å². The average Bonchev–Trinajstić information content (AvgIpc) is 2.93. The van der Waals surface area contributed by atoms with Crippen molar-refractivity contribution >= 4 is 23.0 Å². The number of hydrogen-bond donors (Lipinski definition) is 1. The quantitative estimate of drug-likeness (QED) is 0.629. The normalized spacial score (nSPS) is 10.3. The summed E-state index contributed by atoms with van der Waals surface area (Å²) >= 11 is 1.67. The Morgan fingerprint density at radius 1 is 1.24 bits per heavy atom. The van der Waals surface area contributed by atoms with Crippen molar-refractivity contribution in [3.05, 3.63) is 46.2 Å². The lowest BCUT2D eigenvalue weighted by Gasteiger charge is -2.06. The molecule has 0 bridgehead atoms.